The summed E-state index contributed by atoms with van der Waals surface area (Å²) in [6, 6.07) is 3.33. The molecule has 5 rings (SSSR count). The molecule has 1 aromatic rings. The predicted molar refractivity (Wildman–Crippen MR) is 170 cm³/mol. The smallest absolute Gasteiger partial charge is 0.417 e. The molecule has 0 radical (unpaired) electrons. The number of hydrogen-bond acceptors (Lipinski definition) is 12. The highest BCUT2D eigenvalue weighted by Crippen LogP contribution is 2.61. The van der Waals surface area contributed by atoms with Gasteiger partial charge in [-0.2, -0.15) is 0 Å². The number of nitrogens with zero attached hydrogens (tertiary/aromatic N) is 1. The third-order valence-corrected chi connectivity index (χ3v) is 10.4. The number of nitrogens with one attached hydrogen (secondary N) is 1. The van der Waals surface area contributed by atoms with E-state index >= 15 is 0 Å². The van der Waals surface area contributed by atoms with Gasteiger partial charge in [0.05, 0.1) is 12.7 Å². The van der Waals surface area contributed by atoms with Gasteiger partial charge in [0.2, 0.25) is 0 Å². The molecule has 2 aliphatic heterocycles. The second-order valence-electron chi connectivity index (χ2n) is 13.7. The summed E-state index contributed by atoms with van der Waals surface area (Å²) in [6.45, 7) is 7.88. The zero-order valence-corrected chi connectivity index (χ0v) is 28.6. The number of carbonyl (C=O) groups excluding carboxylic acids is 4. The normalized spacial score (nSPS) is 37.4. The van der Waals surface area contributed by atoms with E-state index in [2.05, 4.69) is 4.98 Å². The summed E-state index contributed by atoms with van der Waals surface area (Å²) in [5, 5.41) is 11.9. The highest BCUT2D eigenvalue weighted by Gasteiger charge is 2.69. The molecule has 1 saturated carbocycles. The lowest BCUT2D eigenvalue weighted by molar-refractivity contribution is -0.184. The maximum absolute atomic E-state index is 13.6. The number of hydrogen-bond donors (Lipinski definition) is 2. The molecule has 0 amide bonds. The summed E-state index contributed by atoms with van der Waals surface area (Å²) in [7, 11) is 5.19. The van der Waals surface area contributed by atoms with E-state index in [1.54, 1.807) is 25.3 Å². The SMILES string of the molecule is CO[C@H]1C[C@H]2C=CC3C4[C@H](O)[C@@H](C)[C@@H](OC(=O)c5ccc[nH]5)[C@@H]3O[C@]42/C(C)=C/[C@@H](C)[C@@H]([C@@H](C)OC(=O)C(=O)OCCCN(C)C)OC1=O. The van der Waals surface area contributed by atoms with Gasteiger partial charge in [-0.3, -0.25) is 0 Å². The molecule has 3 heterocycles. The maximum atomic E-state index is 13.6. The van der Waals surface area contributed by atoms with Crippen LogP contribution < -0.4 is 0 Å². The number of esters is 4. The Balaban J connectivity index is 1.42. The number of aliphatic hydroxyl groups excluding tert-OH is 1. The first-order chi connectivity index (χ1) is 22.8. The number of rotatable bonds is 9. The number of aliphatic hydroxyl groups is 1. The molecule has 13 heteroatoms. The van der Waals surface area contributed by atoms with E-state index in [9.17, 15) is 24.3 Å². The van der Waals surface area contributed by atoms with Crippen molar-refractivity contribution in [2.24, 2.45) is 29.6 Å². The monoisotopic (exact) mass is 672 g/mol. The Morgan fingerprint density at radius 1 is 1.19 bits per heavy atom. The Kier molecular flexibility index (Phi) is 10.8. The first-order valence-electron chi connectivity index (χ1n) is 16.6. The second kappa shape index (κ2) is 14.5. The molecule has 2 aliphatic carbocycles. The summed E-state index contributed by atoms with van der Waals surface area (Å²) < 4.78 is 35.1. The van der Waals surface area contributed by atoms with Crippen LogP contribution in [0.25, 0.3) is 0 Å². The Morgan fingerprint density at radius 2 is 1.94 bits per heavy atom. The lowest BCUT2D eigenvalue weighted by Gasteiger charge is -2.48. The van der Waals surface area contributed by atoms with Crippen molar-refractivity contribution in [1.29, 1.82) is 0 Å². The fourth-order valence-corrected chi connectivity index (χ4v) is 8.02. The van der Waals surface area contributed by atoms with E-state index in [0.717, 1.165) is 5.57 Å². The van der Waals surface area contributed by atoms with Crippen molar-refractivity contribution in [3.05, 3.63) is 47.8 Å². The van der Waals surface area contributed by atoms with Crippen LogP contribution >= 0.6 is 0 Å². The average Bonchev–Trinajstić information content (AvgIpc) is 3.65. The minimum Gasteiger partial charge on any atom is -0.457 e. The topological polar surface area (TPSA) is 163 Å². The van der Waals surface area contributed by atoms with E-state index in [4.69, 9.17) is 28.4 Å². The molecule has 4 aliphatic rings. The number of cyclic esters (lactones) is 1. The number of methoxy groups -OCH3 is 1. The van der Waals surface area contributed by atoms with Gasteiger partial charge in [0, 0.05) is 49.4 Å². The van der Waals surface area contributed by atoms with Crippen LogP contribution in [0, 0.1) is 29.6 Å². The van der Waals surface area contributed by atoms with Gasteiger partial charge < -0.3 is 43.4 Å². The molecule has 0 aromatic carbocycles. The second-order valence-corrected chi connectivity index (χ2v) is 13.7. The fourth-order valence-electron chi connectivity index (χ4n) is 8.02. The Hall–Kier alpha value is -3.52. The standard InChI is InChI=1S/C35H48N2O11/c1-18-16-19(2)35-22(11-12-23-26(35)27(38)20(3)29(30(23)48-35)47-31(39)24-10-8-13-36-24)17-25(43-7)32(40)46-28(18)21(4)45-34(42)33(41)44-15-9-14-37(5)6/h8,10-13,16,18,20-23,25-30,36,38H,9,14-15,17H2,1-7H3/b19-16+/t18-,20-,21-,22-,23?,25+,26?,27-,28+,29-,30-,35+/m1/s1. The first-order valence-corrected chi connectivity index (χ1v) is 16.6. The molecule has 264 valence electrons. The predicted octanol–water partition coefficient (Wildman–Crippen LogP) is 2.45. The lowest BCUT2D eigenvalue weighted by Crippen LogP contribution is -2.57. The van der Waals surface area contributed by atoms with Gasteiger partial charge in [-0.15, -0.1) is 0 Å². The van der Waals surface area contributed by atoms with Gasteiger partial charge >= 0.3 is 23.9 Å². The van der Waals surface area contributed by atoms with Crippen LogP contribution in [0.4, 0.5) is 0 Å². The first kappa shape index (κ1) is 35.8. The Morgan fingerprint density at radius 3 is 2.60 bits per heavy atom. The average molecular weight is 673 g/mol. The van der Waals surface area contributed by atoms with Crippen molar-refractivity contribution in [2.45, 2.75) is 82.8 Å². The van der Waals surface area contributed by atoms with Gasteiger partial charge in [0.1, 0.15) is 35.7 Å². The van der Waals surface area contributed by atoms with Crippen LogP contribution in [-0.4, -0.2) is 115 Å². The molecule has 2 N–H and O–H groups in total. The van der Waals surface area contributed by atoms with Crippen LogP contribution in [0.15, 0.2) is 42.1 Å². The van der Waals surface area contributed by atoms with Gasteiger partial charge in [-0.1, -0.05) is 32.1 Å². The Bertz CT molecular complexity index is 1410. The molecule has 1 aromatic heterocycles. The zero-order valence-electron chi connectivity index (χ0n) is 28.6. The summed E-state index contributed by atoms with van der Waals surface area (Å²) in [4.78, 5) is 56.4. The van der Waals surface area contributed by atoms with Crippen LogP contribution in [0.2, 0.25) is 0 Å². The summed E-state index contributed by atoms with van der Waals surface area (Å²) in [5.74, 6) is -5.52. The summed E-state index contributed by atoms with van der Waals surface area (Å²) >= 11 is 0. The van der Waals surface area contributed by atoms with Crippen LogP contribution in [-0.2, 0) is 42.8 Å². The molecule has 4 bridgehead atoms. The Labute approximate surface area is 280 Å². The van der Waals surface area contributed by atoms with Crippen LogP contribution in [0.3, 0.4) is 0 Å². The summed E-state index contributed by atoms with van der Waals surface area (Å²) in [5.41, 5.74) is 0.0328. The van der Waals surface area contributed by atoms with Crippen molar-refractivity contribution < 1.29 is 52.7 Å². The van der Waals surface area contributed by atoms with Crippen molar-refractivity contribution in [3.8, 4) is 0 Å². The third-order valence-electron chi connectivity index (χ3n) is 10.4. The number of aromatic nitrogens is 1. The number of aromatic amines is 1. The van der Waals surface area contributed by atoms with Gasteiger partial charge in [0.25, 0.3) is 0 Å². The van der Waals surface area contributed by atoms with Crippen LogP contribution in [0.1, 0.15) is 51.0 Å². The molecule has 1 spiro atoms. The molecular weight excluding hydrogens is 624 g/mol. The number of H-pyrrole nitrogens is 1. The molecule has 2 unspecified atom stereocenters. The van der Waals surface area contributed by atoms with E-state index in [1.807, 2.05) is 58.0 Å². The molecule has 13 nitrogen and oxygen atoms in total. The maximum Gasteiger partial charge on any atom is 0.417 e. The molecular formula is C35H48N2O11. The fraction of sp³-hybridized carbons (Fsp3) is 0.657. The minimum atomic E-state index is -1.18. The van der Waals surface area contributed by atoms with E-state index < -0.39 is 89.8 Å². The third kappa shape index (κ3) is 6.70. The molecule has 12 atom stereocenters. The highest BCUT2D eigenvalue weighted by molar-refractivity contribution is 6.29. The van der Waals surface area contributed by atoms with Crippen LogP contribution in [0.5, 0.6) is 0 Å². The minimum absolute atomic E-state index is 0.0596. The summed E-state index contributed by atoms with van der Waals surface area (Å²) in [6.07, 6.45) is 3.05. The van der Waals surface area contributed by atoms with Gasteiger partial charge in [-0.25, -0.2) is 19.2 Å². The largest absolute Gasteiger partial charge is 0.457 e. The number of ether oxygens (including phenoxy) is 6. The van der Waals surface area contributed by atoms with Gasteiger partial charge in [-0.05, 0) is 58.5 Å². The number of carbonyl (C=O) groups is 4. The highest BCUT2D eigenvalue weighted by atomic mass is 16.6. The lowest BCUT2D eigenvalue weighted by atomic mass is 9.57. The zero-order chi connectivity index (χ0) is 34.9. The van der Waals surface area contributed by atoms with Crippen molar-refractivity contribution in [1.82, 2.24) is 9.88 Å². The van der Waals surface area contributed by atoms with E-state index in [0.29, 0.717) is 18.7 Å². The molecule has 1 saturated heterocycles. The van der Waals surface area contributed by atoms with Crippen molar-refractivity contribution in [2.75, 3.05) is 34.4 Å². The van der Waals surface area contributed by atoms with Crippen molar-refractivity contribution in [3.63, 3.8) is 0 Å². The van der Waals surface area contributed by atoms with E-state index in [1.165, 1.54) is 7.11 Å². The van der Waals surface area contributed by atoms with E-state index in [-0.39, 0.29) is 18.9 Å². The molecule has 48 heavy (non-hydrogen) atoms. The van der Waals surface area contributed by atoms with Crippen molar-refractivity contribution >= 4 is 23.9 Å². The quantitative estimate of drug-likeness (QED) is 0.130. The van der Waals surface area contributed by atoms with Gasteiger partial charge in [0.15, 0.2) is 6.10 Å². The molecule has 2 fully saturated rings.